The average molecular weight is 390 g/mol. The first kappa shape index (κ1) is 20.0. The average Bonchev–Trinajstić information content (AvgIpc) is 2.75. The van der Waals surface area contributed by atoms with Crippen LogP contribution in [0.1, 0.15) is 40.3 Å². The third-order valence-corrected chi connectivity index (χ3v) is 4.23. The first-order chi connectivity index (χ1) is 14.1. The number of esters is 1. The van der Waals surface area contributed by atoms with Crippen LogP contribution in [-0.4, -0.2) is 28.7 Å². The molecule has 2 N–H and O–H groups in total. The Hall–Kier alpha value is -3.74. The summed E-state index contributed by atoms with van der Waals surface area (Å²) in [5.41, 5.74) is 2.89. The van der Waals surface area contributed by atoms with Crippen molar-refractivity contribution in [1.29, 1.82) is 0 Å². The number of carbonyl (C=O) groups excluding carboxylic acids is 2. The topological polar surface area (TPSA) is 93.2 Å². The maximum atomic E-state index is 12.5. The van der Waals surface area contributed by atoms with Gasteiger partial charge in [-0.15, -0.1) is 10.2 Å². The lowest BCUT2D eigenvalue weighted by Crippen LogP contribution is -2.17. The molecule has 0 saturated carbocycles. The van der Waals surface area contributed by atoms with E-state index in [2.05, 4.69) is 27.8 Å². The number of carbonyl (C=O) groups is 2. The molecule has 1 heterocycles. The molecule has 3 aromatic rings. The van der Waals surface area contributed by atoms with E-state index >= 15 is 0 Å². The molecule has 29 heavy (non-hydrogen) atoms. The van der Waals surface area contributed by atoms with E-state index in [1.165, 1.54) is 0 Å². The van der Waals surface area contributed by atoms with E-state index < -0.39 is 11.9 Å². The van der Waals surface area contributed by atoms with Gasteiger partial charge in [0.2, 0.25) is 0 Å². The minimum absolute atomic E-state index is 0.137. The molecule has 148 valence electrons. The third-order valence-electron chi connectivity index (χ3n) is 4.23. The molecule has 0 spiro atoms. The predicted octanol–water partition coefficient (Wildman–Crippen LogP) is 4.21. The summed E-state index contributed by atoms with van der Waals surface area (Å²) in [5.74, 6) is -0.423. The molecule has 7 nitrogen and oxygen atoms in total. The monoisotopic (exact) mass is 390 g/mol. The molecule has 1 amide bonds. The molecule has 0 unspecified atom stereocenters. The highest BCUT2D eigenvalue weighted by Gasteiger charge is 2.16. The van der Waals surface area contributed by atoms with Crippen LogP contribution in [0.25, 0.3) is 0 Å². The van der Waals surface area contributed by atoms with Crippen molar-refractivity contribution >= 4 is 29.1 Å². The van der Waals surface area contributed by atoms with Gasteiger partial charge in [-0.25, -0.2) is 4.79 Å². The van der Waals surface area contributed by atoms with Crippen LogP contribution in [0.4, 0.5) is 17.2 Å². The van der Waals surface area contributed by atoms with Crippen LogP contribution in [0.2, 0.25) is 0 Å². The number of aryl methyl sites for hydroxylation is 1. The smallest absolute Gasteiger partial charge is 0.340 e. The standard InChI is InChI=1S/C22H22N4O3/c1-3-15-9-5-7-11-17(15)23-20-14-13-19(25-26-20)21(27)24-18-12-8-6-10-16(18)22(28)29-4-2/h5-14H,3-4H2,1-2H3,(H,23,26)(H,24,27). The normalized spacial score (nSPS) is 10.3. The Morgan fingerprint density at radius 3 is 2.31 bits per heavy atom. The van der Waals surface area contributed by atoms with Crippen molar-refractivity contribution in [3.63, 3.8) is 0 Å². The van der Waals surface area contributed by atoms with E-state index in [0.717, 1.165) is 17.7 Å². The van der Waals surface area contributed by atoms with E-state index in [9.17, 15) is 9.59 Å². The summed E-state index contributed by atoms with van der Waals surface area (Å²) in [4.78, 5) is 24.6. The molecular formula is C22H22N4O3. The van der Waals surface area contributed by atoms with Gasteiger partial charge in [-0.3, -0.25) is 4.79 Å². The lowest BCUT2D eigenvalue weighted by atomic mass is 10.1. The van der Waals surface area contributed by atoms with Crippen molar-refractivity contribution in [2.75, 3.05) is 17.2 Å². The van der Waals surface area contributed by atoms with E-state index in [4.69, 9.17) is 4.74 Å². The number of anilines is 3. The lowest BCUT2D eigenvalue weighted by Gasteiger charge is -2.11. The number of nitrogens with one attached hydrogen (secondary N) is 2. The van der Waals surface area contributed by atoms with Crippen molar-refractivity contribution in [2.45, 2.75) is 20.3 Å². The van der Waals surface area contributed by atoms with Gasteiger partial charge in [0.25, 0.3) is 5.91 Å². The van der Waals surface area contributed by atoms with Crippen molar-refractivity contribution in [1.82, 2.24) is 10.2 Å². The molecule has 0 aliphatic rings. The van der Waals surface area contributed by atoms with Crippen molar-refractivity contribution < 1.29 is 14.3 Å². The fourth-order valence-electron chi connectivity index (χ4n) is 2.77. The van der Waals surface area contributed by atoms with Gasteiger partial charge < -0.3 is 15.4 Å². The largest absolute Gasteiger partial charge is 0.462 e. The number of rotatable bonds is 7. The van der Waals surface area contributed by atoms with Gasteiger partial charge in [-0.2, -0.15) is 0 Å². The Labute approximate surface area is 169 Å². The molecule has 0 bridgehead atoms. The number of para-hydroxylation sites is 2. The lowest BCUT2D eigenvalue weighted by molar-refractivity contribution is 0.0527. The number of nitrogens with zero attached hydrogens (tertiary/aromatic N) is 2. The van der Waals surface area contributed by atoms with Gasteiger partial charge in [0.1, 0.15) is 0 Å². The first-order valence-electron chi connectivity index (χ1n) is 9.38. The second kappa shape index (κ2) is 9.45. The third kappa shape index (κ3) is 4.95. The summed E-state index contributed by atoms with van der Waals surface area (Å²) in [5, 5.41) is 14.0. The van der Waals surface area contributed by atoms with Crippen LogP contribution in [0, 0.1) is 0 Å². The minimum Gasteiger partial charge on any atom is -0.462 e. The molecule has 3 rings (SSSR count). The number of aromatic nitrogens is 2. The van der Waals surface area contributed by atoms with Gasteiger partial charge in [0.05, 0.1) is 17.9 Å². The van der Waals surface area contributed by atoms with Gasteiger partial charge in [0.15, 0.2) is 11.5 Å². The highest BCUT2D eigenvalue weighted by molar-refractivity contribution is 6.07. The van der Waals surface area contributed by atoms with Gasteiger partial charge in [-0.1, -0.05) is 37.3 Å². The Morgan fingerprint density at radius 1 is 0.897 bits per heavy atom. The predicted molar refractivity (Wildman–Crippen MR) is 111 cm³/mol. The summed E-state index contributed by atoms with van der Waals surface area (Å²) in [7, 11) is 0. The first-order valence-corrected chi connectivity index (χ1v) is 9.38. The van der Waals surface area contributed by atoms with Crippen molar-refractivity contribution in [3.8, 4) is 0 Å². The van der Waals surface area contributed by atoms with Crippen LogP contribution in [0.15, 0.2) is 60.7 Å². The van der Waals surface area contributed by atoms with Gasteiger partial charge in [-0.05, 0) is 49.2 Å². The van der Waals surface area contributed by atoms with Crippen LogP contribution in [0.5, 0.6) is 0 Å². The molecule has 0 saturated heterocycles. The van der Waals surface area contributed by atoms with Crippen LogP contribution in [-0.2, 0) is 11.2 Å². The van der Waals surface area contributed by atoms with Crippen molar-refractivity contribution in [2.24, 2.45) is 0 Å². The van der Waals surface area contributed by atoms with E-state index in [1.54, 1.807) is 43.3 Å². The number of hydrogen-bond donors (Lipinski definition) is 2. The Balaban J connectivity index is 1.72. The zero-order chi connectivity index (χ0) is 20.6. The maximum absolute atomic E-state index is 12.5. The van der Waals surface area contributed by atoms with Crippen LogP contribution >= 0.6 is 0 Å². The summed E-state index contributed by atoms with van der Waals surface area (Å²) < 4.78 is 5.02. The molecule has 0 fully saturated rings. The van der Waals surface area contributed by atoms with E-state index in [1.807, 2.05) is 24.3 Å². The second-order valence-electron chi connectivity index (χ2n) is 6.16. The highest BCUT2D eigenvalue weighted by atomic mass is 16.5. The molecule has 7 heteroatoms. The van der Waals surface area contributed by atoms with Gasteiger partial charge >= 0.3 is 5.97 Å². The summed E-state index contributed by atoms with van der Waals surface area (Å²) in [6.45, 7) is 4.05. The molecule has 1 aromatic heterocycles. The molecular weight excluding hydrogens is 368 g/mol. The zero-order valence-corrected chi connectivity index (χ0v) is 16.3. The highest BCUT2D eigenvalue weighted by Crippen LogP contribution is 2.20. The Morgan fingerprint density at radius 2 is 1.62 bits per heavy atom. The second-order valence-corrected chi connectivity index (χ2v) is 6.16. The number of ether oxygens (including phenoxy) is 1. The molecule has 0 atom stereocenters. The molecule has 0 radical (unpaired) electrons. The summed E-state index contributed by atoms with van der Waals surface area (Å²) >= 11 is 0. The SMILES string of the molecule is CCOC(=O)c1ccccc1NC(=O)c1ccc(Nc2ccccc2CC)nn1. The van der Waals surface area contributed by atoms with Crippen molar-refractivity contribution in [3.05, 3.63) is 77.5 Å². The molecule has 2 aromatic carbocycles. The summed E-state index contributed by atoms with van der Waals surface area (Å²) in [6, 6.07) is 17.9. The quantitative estimate of drug-likeness (QED) is 0.587. The van der Waals surface area contributed by atoms with E-state index in [0.29, 0.717) is 11.5 Å². The molecule has 0 aliphatic carbocycles. The maximum Gasteiger partial charge on any atom is 0.340 e. The van der Waals surface area contributed by atoms with Crippen LogP contribution in [0.3, 0.4) is 0 Å². The number of amides is 1. The van der Waals surface area contributed by atoms with E-state index in [-0.39, 0.29) is 17.9 Å². The number of hydrogen-bond acceptors (Lipinski definition) is 6. The fraction of sp³-hybridized carbons (Fsp3) is 0.182. The van der Waals surface area contributed by atoms with Gasteiger partial charge in [0, 0.05) is 5.69 Å². The zero-order valence-electron chi connectivity index (χ0n) is 16.3. The minimum atomic E-state index is -0.497. The summed E-state index contributed by atoms with van der Waals surface area (Å²) in [6.07, 6.45) is 0.886. The fourth-order valence-corrected chi connectivity index (χ4v) is 2.77. The molecule has 0 aliphatic heterocycles. The Kier molecular flexibility index (Phi) is 6.52. The Bertz CT molecular complexity index is 1000. The number of benzene rings is 2. The van der Waals surface area contributed by atoms with Crippen LogP contribution < -0.4 is 10.6 Å².